The van der Waals surface area contributed by atoms with E-state index >= 15 is 4.39 Å². The van der Waals surface area contributed by atoms with E-state index in [0.29, 0.717) is 57.7 Å². The van der Waals surface area contributed by atoms with Gasteiger partial charge < -0.3 is 9.47 Å². The molecule has 1 fully saturated rings. The first-order valence-electron chi connectivity index (χ1n) is 11.8. The van der Waals surface area contributed by atoms with Crippen LogP contribution in [0.25, 0.3) is 22.3 Å². The molecule has 1 saturated heterocycles. The fourth-order valence-corrected chi connectivity index (χ4v) is 5.22. The van der Waals surface area contributed by atoms with E-state index in [-0.39, 0.29) is 18.4 Å². The SMILES string of the molecule is Cc1cc(C#N)c(N2CCC(F)(c3nncn3C)CC2)c(-c2cnc3nn(C(C)(C)C)c(Cl)c3c2)n1. The van der Waals surface area contributed by atoms with Gasteiger partial charge in [0.05, 0.1) is 27.9 Å². The Kier molecular flexibility index (Phi) is 5.71. The number of anilines is 1. The number of hydrogen-bond donors (Lipinski definition) is 0. The van der Waals surface area contributed by atoms with E-state index in [2.05, 4.69) is 26.3 Å². The van der Waals surface area contributed by atoms with Gasteiger partial charge in [-0.25, -0.2) is 14.1 Å². The molecule has 36 heavy (non-hydrogen) atoms. The summed E-state index contributed by atoms with van der Waals surface area (Å²) in [5, 5.41) is 23.6. The third-order valence-electron chi connectivity index (χ3n) is 6.60. The summed E-state index contributed by atoms with van der Waals surface area (Å²) in [4.78, 5) is 11.4. The van der Waals surface area contributed by atoms with Gasteiger partial charge in [-0.2, -0.15) is 10.4 Å². The van der Waals surface area contributed by atoms with Crippen molar-refractivity contribution in [3.8, 4) is 17.3 Å². The van der Waals surface area contributed by atoms with Crippen molar-refractivity contribution in [2.24, 2.45) is 7.05 Å². The van der Waals surface area contributed by atoms with Gasteiger partial charge in [0.25, 0.3) is 0 Å². The van der Waals surface area contributed by atoms with E-state index in [1.807, 2.05) is 38.7 Å². The molecule has 0 radical (unpaired) electrons. The highest BCUT2D eigenvalue weighted by molar-refractivity contribution is 6.34. The van der Waals surface area contributed by atoms with Crippen LogP contribution in [0, 0.1) is 18.3 Å². The van der Waals surface area contributed by atoms with Crippen LogP contribution in [0.4, 0.5) is 10.1 Å². The lowest BCUT2D eigenvalue weighted by Gasteiger charge is -2.37. The molecule has 5 rings (SSSR count). The van der Waals surface area contributed by atoms with Crippen molar-refractivity contribution in [3.05, 3.63) is 46.9 Å². The highest BCUT2D eigenvalue weighted by atomic mass is 35.5. The Balaban J connectivity index is 1.58. The maximum absolute atomic E-state index is 15.8. The van der Waals surface area contributed by atoms with E-state index in [9.17, 15) is 5.26 Å². The summed E-state index contributed by atoms with van der Waals surface area (Å²) < 4.78 is 19.2. The zero-order valence-corrected chi connectivity index (χ0v) is 21.7. The molecule has 0 atom stereocenters. The number of nitriles is 1. The summed E-state index contributed by atoms with van der Waals surface area (Å²) in [6, 6.07) is 5.98. The molecule has 5 heterocycles. The molecule has 1 aliphatic heterocycles. The van der Waals surface area contributed by atoms with Crippen LogP contribution < -0.4 is 4.90 Å². The van der Waals surface area contributed by atoms with Gasteiger partial charge in [-0.15, -0.1) is 10.2 Å². The zero-order valence-electron chi connectivity index (χ0n) is 20.9. The monoisotopic (exact) mass is 507 g/mol. The molecule has 0 unspecified atom stereocenters. The van der Waals surface area contributed by atoms with Crippen LogP contribution in [0.5, 0.6) is 0 Å². The van der Waals surface area contributed by atoms with Gasteiger partial charge in [-0.1, -0.05) is 11.6 Å². The number of aryl methyl sites for hydroxylation is 2. The third kappa shape index (κ3) is 3.97. The standard InChI is InChI=1S/C25H27ClFN9/c1-15-10-16(12-28)20(35-8-6-25(27,7-9-35)23-32-30-14-34(23)5)19(31-15)17-11-18-21(26)36(24(2,3)4)33-22(18)29-13-17/h10-11,13-14H,6-9H2,1-5H3. The largest absolute Gasteiger partial charge is 0.368 e. The average Bonchev–Trinajstić information content (AvgIpc) is 3.42. The van der Waals surface area contributed by atoms with Crippen molar-refractivity contribution in [3.63, 3.8) is 0 Å². The van der Waals surface area contributed by atoms with E-state index < -0.39 is 5.67 Å². The number of pyridine rings is 2. The van der Waals surface area contributed by atoms with Gasteiger partial charge in [-0.05, 0) is 39.8 Å². The quantitative estimate of drug-likeness (QED) is 0.397. The molecule has 4 aromatic rings. The Bertz CT molecular complexity index is 1500. The molecular formula is C25H27ClFN9. The lowest BCUT2D eigenvalue weighted by Crippen LogP contribution is -2.42. The number of hydrogen-bond acceptors (Lipinski definition) is 7. The van der Waals surface area contributed by atoms with Crippen molar-refractivity contribution >= 4 is 28.3 Å². The Morgan fingerprint density at radius 3 is 2.53 bits per heavy atom. The smallest absolute Gasteiger partial charge is 0.182 e. The molecule has 0 bridgehead atoms. The second kappa shape index (κ2) is 8.52. The lowest BCUT2D eigenvalue weighted by molar-refractivity contribution is 0.109. The first kappa shape index (κ1) is 24.1. The Morgan fingerprint density at radius 2 is 1.92 bits per heavy atom. The van der Waals surface area contributed by atoms with Crippen LogP contribution in [0.2, 0.25) is 5.15 Å². The van der Waals surface area contributed by atoms with Crippen molar-refractivity contribution in [2.45, 2.75) is 51.7 Å². The minimum Gasteiger partial charge on any atom is -0.368 e. The zero-order chi connectivity index (χ0) is 25.8. The van der Waals surface area contributed by atoms with Gasteiger partial charge in [0.15, 0.2) is 17.1 Å². The van der Waals surface area contributed by atoms with Crippen LogP contribution >= 0.6 is 11.6 Å². The van der Waals surface area contributed by atoms with Gasteiger partial charge >= 0.3 is 0 Å². The molecule has 0 saturated carbocycles. The maximum atomic E-state index is 15.8. The average molecular weight is 508 g/mol. The first-order valence-corrected chi connectivity index (χ1v) is 12.1. The molecule has 9 nitrogen and oxygen atoms in total. The highest BCUT2D eigenvalue weighted by Crippen LogP contribution is 2.41. The topological polar surface area (TPSA) is 101 Å². The second-order valence-corrected chi connectivity index (χ2v) is 10.7. The Morgan fingerprint density at radius 1 is 1.19 bits per heavy atom. The fourth-order valence-electron chi connectivity index (χ4n) is 4.79. The minimum absolute atomic E-state index is 0.221. The molecule has 0 N–H and O–H groups in total. The minimum atomic E-state index is -1.58. The van der Waals surface area contributed by atoms with Gasteiger partial charge in [-0.3, -0.25) is 4.98 Å². The summed E-state index contributed by atoms with van der Waals surface area (Å²) in [6.07, 6.45) is 3.65. The normalized spacial score (nSPS) is 15.9. The van der Waals surface area contributed by atoms with Crippen LogP contribution in [-0.2, 0) is 18.3 Å². The molecule has 4 aromatic heterocycles. The molecule has 1 aliphatic rings. The molecular weight excluding hydrogens is 481 g/mol. The van der Waals surface area contributed by atoms with E-state index in [1.54, 1.807) is 28.6 Å². The summed E-state index contributed by atoms with van der Waals surface area (Å²) >= 11 is 6.70. The highest BCUT2D eigenvalue weighted by Gasteiger charge is 2.41. The predicted octanol–water partition coefficient (Wildman–Crippen LogP) is 4.68. The molecule has 0 aromatic carbocycles. The predicted molar refractivity (Wildman–Crippen MR) is 135 cm³/mol. The van der Waals surface area contributed by atoms with Crippen LogP contribution in [0.15, 0.2) is 24.7 Å². The number of piperidine rings is 1. The van der Waals surface area contributed by atoms with E-state index in [1.165, 1.54) is 6.33 Å². The first-order chi connectivity index (χ1) is 17.0. The summed E-state index contributed by atoms with van der Waals surface area (Å²) in [5.74, 6) is 0.324. The second-order valence-electron chi connectivity index (χ2n) is 10.3. The number of aromatic nitrogens is 7. The molecule has 0 amide bonds. The maximum Gasteiger partial charge on any atom is 0.182 e. The Hall–Kier alpha value is -3.58. The molecule has 0 spiro atoms. The van der Waals surface area contributed by atoms with Crippen LogP contribution in [-0.4, -0.2) is 47.6 Å². The van der Waals surface area contributed by atoms with Crippen molar-refractivity contribution < 1.29 is 4.39 Å². The number of alkyl halides is 1. The fraction of sp³-hybridized carbons (Fsp3) is 0.440. The van der Waals surface area contributed by atoms with Crippen molar-refractivity contribution in [1.82, 2.24) is 34.5 Å². The number of rotatable bonds is 3. The number of halogens is 2. The number of nitrogens with zero attached hydrogens (tertiary/aromatic N) is 9. The van der Waals surface area contributed by atoms with Crippen molar-refractivity contribution in [2.75, 3.05) is 18.0 Å². The Labute approximate surface area is 213 Å². The summed E-state index contributed by atoms with van der Waals surface area (Å²) in [7, 11) is 1.74. The molecule has 11 heteroatoms. The van der Waals surface area contributed by atoms with E-state index in [4.69, 9.17) is 16.6 Å². The number of fused-ring (bicyclic) bond motifs is 1. The summed E-state index contributed by atoms with van der Waals surface area (Å²) in [6.45, 7) is 8.71. The molecule has 186 valence electrons. The van der Waals surface area contributed by atoms with E-state index in [0.717, 1.165) is 5.56 Å². The van der Waals surface area contributed by atoms with Gasteiger partial charge in [0, 0.05) is 50.4 Å². The van der Waals surface area contributed by atoms with Gasteiger partial charge in [0.2, 0.25) is 0 Å². The molecule has 0 aliphatic carbocycles. The van der Waals surface area contributed by atoms with Crippen LogP contribution in [0.3, 0.4) is 0 Å². The van der Waals surface area contributed by atoms with Gasteiger partial charge in [0.1, 0.15) is 17.5 Å². The third-order valence-corrected chi connectivity index (χ3v) is 6.97. The van der Waals surface area contributed by atoms with Crippen molar-refractivity contribution in [1.29, 1.82) is 5.26 Å². The lowest BCUT2D eigenvalue weighted by atomic mass is 9.91. The summed E-state index contributed by atoms with van der Waals surface area (Å²) in [5.41, 5.74) is 1.85. The van der Waals surface area contributed by atoms with Crippen LogP contribution in [0.1, 0.15) is 50.7 Å².